The third kappa shape index (κ3) is 6.86. The molecule has 1 aliphatic rings. The number of aliphatic hydroxyl groups is 4. The second kappa shape index (κ2) is 13.6. The highest BCUT2D eigenvalue weighted by atomic mass is 32.1. The van der Waals surface area contributed by atoms with Crippen molar-refractivity contribution in [1.29, 1.82) is 0 Å². The van der Waals surface area contributed by atoms with E-state index in [9.17, 15) is 20.4 Å². The van der Waals surface area contributed by atoms with E-state index in [0.717, 1.165) is 5.69 Å². The number of hydrogen-bond donors (Lipinski definition) is 8. The highest BCUT2D eigenvalue weighted by molar-refractivity contribution is 7.80. The molecule has 2 unspecified atom stereocenters. The Labute approximate surface area is 170 Å². The van der Waals surface area contributed by atoms with Crippen LogP contribution in [-0.4, -0.2) is 76.1 Å². The van der Waals surface area contributed by atoms with Crippen LogP contribution in [0.5, 0.6) is 0 Å². The molecule has 0 saturated carbocycles. The van der Waals surface area contributed by atoms with E-state index in [1.165, 1.54) is 0 Å². The molecule has 0 spiro atoms. The van der Waals surface area contributed by atoms with Crippen LogP contribution in [0.1, 0.15) is 11.7 Å². The van der Waals surface area contributed by atoms with Crippen molar-refractivity contribution in [2.75, 3.05) is 31.5 Å². The van der Waals surface area contributed by atoms with Gasteiger partial charge in [0.15, 0.2) is 5.11 Å². The van der Waals surface area contributed by atoms with Gasteiger partial charge in [0.05, 0.1) is 6.61 Å². The van der Waals surface area contributed by atoms with Crippen molar-refractivity contribution in [1.82, 2.24) is 5.32 Å². The molecule has 0 bridgehead atoms. The van der Waals surface area contributed by atoms with Crippen LogP contribution in [0.25, 0.3) is 0 Å². The van der Waals surface area contributed by atoms with Gasteiger partial charge in [0.25, 0.3) is 0 Å². The monoisotopic (exact) mass is 424 g/mol. The Morgan fingerprint density at radius 3 is 2.04 bits per heavy atom. The van der Waals surface area contributed by atoms with Gasteiger partial charge in [-0.2, -0.15) is 25.3 Å². The third-order valence-electron chi connectivity index (χ3n) is 3.62. The Hall–Kier alpha value is -0.590. The molecule has 2 rings (SSSR count). The quantitative estimate of drug-likeness (QED) is 0.257. The average Bonchev–Trinajstić information content (AvgIpc) is 2.70. The summed E-state index contributed by atoms with van der Waals surface area (Å²) in [5.41, 5.74) is 1.38. The molecule has 5 atom stereocenters. The molecule has 6 N–H and O–H groups in total. The molecule has 26 heavy (non-hydrogen) atoms. The second-order valence-electron chi connectivity index (χ2n) is 5.08. The van der Waals surface area contributed by atoms with Gasteiger partial charge in [-0.3, -0.25) is 0 Å². The maximum Gasteiger partial charge on any atom is 0.170 e. The van der Waals surface area contributed by atoms with E-state index in [2.05, 4.69) is 35.9 Å². The van der Waals surface area contributed by atoms with Gasteiger partial charge in [-0.1, -0.05) is 12.1 Å². The molecule has 0 aliphatic carbocycles. The van der Waals surface area contributed by atoms with Crippen molar-refractivity contribution < 1.29 is 25.2 Å². The Balaban J connectivity index is 0.00000146. The number of thiocarbonyl (C=S) groups is 1. The van der Waals surface area contributed by atoms with E-state index in [-0.39, 0.29) is 0 Å². The van der Waals surface area contributed by atoms with Gasteiger partial charge in [-0.15, -0.1) is 0 Å². The fourth-order valence-electron chi connectivity index (χ4n) is 2.33. The lowest BCUT2D eigenvalue weighted by molar-refractivity contribution is -0.231. The molecular weight excluding hydrogens is 396 g/mol. The number of anilines is 1. The summed E-state index contributed by atoms with van der Waals surface area (Å²) in [5.74, 6) is 0. The summed E-state index contributed by atoms with van der Waals surface area (Å²) in [6.45, 7) is -0.447. The summed E-state index contributed by atoms with van der Waals surface area (Å²) in [5, 5.41) is 45.0. The molecule has 7 nitrogen and oxygen atoms in total. The van der Waals surface area contributed by atoms with Crippen molar-refractivity contribution >= 4 is 48.3 Å². The number of ether oxygens (including phenoxy) is 1. The summed E-state index contributed by atoms with van der Waals surface area (Å²) in [6.07, 6.45) is -2.38. The molecule has 1 aromatic carbocycles. The van der Waals surface area contributed by atoms with Gasteiger partial charge in [0.1, 0.15) is 30.5 Å². The van der Waals surface area contributed by atoms with Gasteiger partial charge in [-0.05, 0) is 42.4 Å². The zero-order valence-corrected chi connectivity index (χ0v) is 17.5. The first-order valence-corrected chi connectivity index (χ1v) is 9.96. The normalized spacial score (nSPS) is 27.2. The smallest absolute Gasteiger partial charge is 0.170 e. The van der Waals surface area contributed by atoms with Gasteiger partial charge in [-0.25, -0.2) is 0 Å². The van der Waals surface area contributed by atoms with Gasteiger partial charge in [0.2, 0.25) is 0 Å². The van der Waals surface area contributed by atoms with Gasteiger partial charge in [0, 0.05) is 12.7 Å². The van der Waals surface area contributed by atoms with Crippen LogP contribution in [0.15, 0.2) is 24.3 Å². The highest BCUT2D eigenvalue weighted by Gasteiger charge is 2.43. The van der Waals surface area contributed by atoms with Crippen molar-refractivity contribution in [3.05, 3.63) is 29.8 Å². The molecule has 10 heteroatoms. The number of benzene rings is 1. The fraction of sp³-hybridized carbons (Fsp3) is 0.562. The van der Waals surface area contributed by atoms with E-state index in [0.29, 0.717) is 10.7 Å². The zero-order chi connectivity index (χ0) is 20.3. The van der Waals surface area contributed by atoms with Crippen molar-refractivity contribution in [2.45, 2.75) is 30.5 Å². The fourth-order valence-corrected chi connectivity index (χ4v) is 2.44. The summed E-state index contributed by atoms with van der Waals surface area (Å²) >= 11 is 12.1. The van der Waals surface area contributed by atoms with Crippen molar-refractivity contribution in [3.8, 4) is 0 Å². The minimum atomic E-state index is -1.38. The van der Waals surface area contributed by atoms with Crippen molar-refractivity contribution in [3.63, 3.8) is 0 Å². The van der Waals surface area contributed by atoms with Crippen LogP contribution < -0.4 is 10.6 Å². The number of rotatable bonds is 3. The first kappa shape index (κ1) is 25.4. The topological polar surface area (TPSA) is 114 Å². The number of nitrogens with one attached hydrogen (secondary N) is 2. The predicted octanol–water partition coefficient (Wildman–Crippen LogP) is 0.210. The van der Waals surface area contributed by atoms with E-state index >= 15 is 0 Å². The van der Waals surface area contributed by atoms with E-state index in [1.807, 2.05) is 0 Å². The number of aliphatic hydroxyl groups excluding tert-OH is 4. The number of hydrogen-bond acceptors (Lipinski definition) is 8. The lowest BCUT2D eigenvalue weighted by Gasteiger charge is -2.40. The average molecular weight is 425 g/mol. The summed E-state index contributed by atoms with van der Waals surface area (Å²) in [7, 11) is 1.71. The van der Waals surface area contributed by atoms with Crippen LogP contribution in [0, 0.1) is 0 Å². The highest BCUT2D eigenvalue weighted by Crippen LogP contribution is 2.32. The lowest BCUT2D eigenvalue weighted by atomic mass is 9.91. The SMILES string of the molecule is CNC(=S)Nc1ccc([C@@H]2OC(CO)[C@@H](O)[C@@H](O)C2O)cc1.CS.CS. The van der Waals surface area contributed by atoms with E-state index < -0.39 is 37.1 Å². The van der Waals surface area contributed by atoms with Crippen LogP contribution in [0.3, 0.4) is 0 Å². The first-order valence-electron chi connectivity index (χ1n) is 7.76. The molecule has 1 saturated heterocycles. The Bertz CT molecular complexity index is 519. The minimum absolute atomic E-state index is 0.447. The molecule has 1 aliphatic heterocycles. The van der Waals surface area contributed by atoms with Crippen LogP contribution in [-0.2, 0) is 4.74 Å². The van der Waals surface area contributed by atoms with Crippen LogP contribution >= 0.6 is 37.5 Å². The maximum atomic E-state index is 10.1. The summed E-state index contributed by atoms with van der Waals surface area (Å²) in [6, 6.07) is 6.93. The largest absolute Gasteiger partial charge is 0.394 e. The number of thiol groups is 2. The molecule has 150 valence electrons. The molecular formula is C16H28N2O5S3. The Morgan fingerprint density at radius 2 is 1.58 bits per heavy atom. The molecule has 1 fully saturated rings. The molecule has 1 aromatic rings. The molecule has 0 radical (unpaired) electrons. The van der Waals surface area contributed by atoms with Crippen molar-refractivity contribution in [2.24, 2.45) is 0 Å². The maximum absolute atomic E-state index is 10.1. The Kier molecular flexibility index (Phi) is 13.3. The molecule has 0 amide bonds. The summed E-state index contributed by atoms with van der Waals surface area (Å²) in [4.78, 5) is 0. The third-order valence-corrected chi connectivity index (χ3v) is 3.92. The van der Waals surface area contributed by atoms with Crippen LogP contribution in [0.2, 0.25) is 0 Å². The molecule has 1 heterocycles. The first-order chi connectivity index (χ1) is 12.5. The second-order valence-corrected chi connectivity index (χ2v) is 5.48. The van der Waals surface area contributed by atoms with Gasteiger partial charge < -0.3 is 35.8 Å². The lowest BCUT2D eigenvalue weighted by Crippen LogP contribution is -2.55. The zero-order valence-electron chi connectivity index (χ0n) is 14.9. The minimum Gasteiger partial charge on any atom is -0.394 e. The van der Waals surface area contributed by atoms with E-state index in [1.54, 1.807) is 43.8 Å². The Morgan fingerprint density at radius 1 is 1.04 bits per heavy atom. The van der Waals surface area contributed by atoms with E-state index in [4.69, 9.17) is 17.0 Å². The van der Waals surface area contributed by atoms with Crippen LogP contribution in [0.4, 0.5) is 5.69 Å². The van der Waals surface area contributed by atoms with Gasteiger partial charge >= 0.3 is 0 Å². The standard InChI is InChI=1S/C14H20N2O5S.2CH4S/c1-15-14(22)16-8-4-2-7(3-5-8)13-12(20)11(19)10(18)9(6-17)21-13;2*1-2/h2-5,9-13,17-20H,6H2,1H3,(H2,15,16,22);2*2H,1H3/t9?,10-,11-,12?,13+;;/m1../s1. The molecule has 0 aromatic heterocycles. The predicted molar refractivity (Wildman–Crippen MR) is 114 cm³/mol. The summed E-state index contributed by atoms with van der Waals surface area (Å²) < 4.78 is 5.49.